The number of methoxy groups -OCH3 is 1. The molecule has 0 radical (unpaired) electrons. The van der Waals surface area contributed by atoms with E-state index >= 15 is 0 Å². The maximum absolute atomic E-state index is 13.5. The van der Waals surface area contributed by atoms with Crippen LogP contribution in [0.1, 0.15) is 24.1 Å². The Morgan fingerprint density at radius 3 is 1.83 bits per heavy atom. The number of carbonyl (C=O) groups is 1. The summed E-state index contributed by atoms with van der Waals surface area (Å²) in [6.07, 6.45) is 1.13. The van der Waals surface area contributed by atoms with Crippen molar-refractivity contribution in [3.63, 3.8) is 0 Å². The van der Waals surface area contributed by atoms with Crippen LogP contribution in [0, 0.1) is 0 Å². The van der Waals surface area contributed by atoms with Crippen LogP contribution in [0.3, 0.4) is 0 Å². The molecule has 1 amide bonds. The lowest BCUT2D eigenvalue weighted by molar-refractivity contribution is -0.929. The molecule has 1 N–H and O–H groups in total. The molecule has 190 valence electrons. The van der Waals surface area contributed by atoms with Gasteiger partial charge in [-0.05, 0) is 31.2 Å². The molecule has 3 aromatic carbocycles. The summed E-state index contributed by atoms with van der Waals surface area (Å²) in [4.78, 5) is 16.7. The van der Waals surface area contributed by atoms with Gasteiger partial charge in [-0.2, -0.15) is 0 Å². The van der Waals surface area contributed by atoms with Crippen molar-refractivity contribution in [1.29, 1.82) is 0 Å². The monoisotopic (exact) mass is 508 g/mol. The molecule has 1 atom stereocenters. The number of nitrogens with one attached hydrogen (secondary N) is 1. The van der Waals surface area contributed by atoms with Crippen LogP contribution >= 0.6 is 0 Å². The second kappa shape index (κ2) is 11.1. The molecular formula is C28H34N3O4S+. The van der Waals surface area contributed by atoms with E-state index in [1.807, 2.05) is 12.1 Å². The number of amides is 1. The smallest absolute Gasteiger partial charge is 0.246 e. The number of anilines is 1. The highest BCUT2D eigenvalue weighted by molar-refractivity contribution is 7.92. The Hall–Kier alpha value is -3.36. The van der Waals surface area contributed by atoms with Gasteiger partial charge in [0, 0.05) is 11.1 Å². The van der Waals surface area contributed by atoms with E-state index in [2.05, 4.69) is 48.5 Å². The van der Waals surface area contributed by atoms with Gasteiger partial charge < -0.3 is 14.5 Å². The summed E-state index contributed by atoms with van der Waals surface area (Å²) in [6, 6.07) is 26.9. The van der Waals surface area contributed by atoms with Gasteiger partial charge in [0.15, 0.2) is 0 Å². The zero-order valence-electron chi connectivity index (χ0n) is 21.0. The summed E-state index contributed by atoms with van der Waals surface area (Å²) < 4.78 is 31.8. The summed E-state index contributed by atoms with van der Waals surface area (Å²) in [5.74, 6) is 0.433. The van der Waals surface area contributed by atoms with Crippen LogP contribution in [-0.2, 0) is 14.8 Å². The molecule has 1 saturated heterocycles. The summed E-state index contributed by atoms with van der Waals surface area (Å²) in [7, 11) is -2.12. The minimum Gasteiger partial charge on any atom is -0.497 e. The zero-order valence-corrected chi connectivity index (χ0v) is 21.8. The van der Waals surface area contributed by atoms with Gasteiger partial charge in [-0.3, -0.25) is 9.10 Å². The Balaban J connectivity index is 1.50. The first-order chi connectivity index (χ1) is 17.3. The van der Waals surface area contributed by atoms with E-state index in [9.17, 15) is 13.2 Å². The van der Waals surface area contributed by atoms with E-state index in [4.69, 9.17) is 4.74 Å². The van der Waals surface area contributed by atoms with Crippen molar-refractivity contribution >= 4 is 21.6 Å². The highest BCUT2D eigenvalue weighted by atomic mass is 32.2. The predicted molar refractivity (Wildman–Crippen MR) is 142 cm³/mol. The number of carbonyl (C=O) groups excluding carboxylic acids is 1. The zero-order chi connectivity index (χ0) is 25.7. The highest BCUT2D eigenvalue weighted by Crippen LogP contribution is 2.25. The Bertz CT molecular complexity index is 1200. The standard InChI is InChI=1S/C28H33N3O4S/c1-22(31(36(3,33)34)25-14-16-26(35-2)17-15-25)28(32)30-20-18-29(19-21-30)27(23-10-6-4-7-11-23)24-12-8-5-9-13-24/h4-17,22,27H,18-21H2,1-3H3/p+1/t22-/m1/s1. The Kier molecular flexibility index (Phi) is 7.96. The average molecular weight is 509 g/mol. The summed E-state index contributed by atoms with van der Waals surface area (Å²) in [5.41, 5.74) is 2.93. The fourth-order valence-corrected chi connectivity index (χ4v) is 6.22. The minimum atomic E-state index is -3.68. The molecule has 0 aromatic heterocycles. The summed E-state index contributed by atoms with van der Waals surface area (Å²) >= 11 is 0. The van der Waals surface area contributed by atoms with Gasteiger partial charge in [0.25, 0.3) is 0 Å². The lowest BCUT2D eigenvalue weighted by Crippen LogP contribution is -3.15. The van der Waals surface area contributed by atoms with Crippen molar-refractivity contribution in [2.24, 2.45) is 0 Å². The molecule has 1 fully saturated rings. The van der Waals surface area contributed by atoms with Gasteiger partial charge in [-0.1, -0.05) is 60.7 Å². The fourth-order valence-electron chi connectivity index (χ4n) is 5.05. The normalized spacial score (nSPS) is 15.5. The Morgan fingerprint density at radius 1 is 0.889 bits per heavy atom. The van der Waals surface area contributed by atoms with Crippen LogP contribution in [0.2, 0.25) is 0 Å². The molecule has 1 heterocycles. The molecule has 7 nitrogen and oxygen atoms in total. The van der Waals surface area contributed by atoms with Crippen molar-refractivity contribution in [3.8, 4) is 5.75 Å². The first kappa shape index (κ1) is 25.7. The molecule has 0 saturated carbocycles. The quantitative estimate of drug-likeness (QED) is 0.507. The van der Waals surface area contributed by atoms with Crippen LogP contribution < -0.4 is 13.9 Å². The maximum Gasteiger partial charge on any atom is 0.246 e. The van der Waals surface area contributed by atoms with E-state index in [1.54, 1.807) is 43.2 Å². The van der Waals surface area contributed by atoms with E-state index in [0.717, 1.165) is 19.3 Å². The lowest BCUT2D eigenvalue weighted by Gasteiger charge is -2.39. The molecule has 1 aliphatic heterocycles. The lowest BCUT2D eigenvalue weighted by atomic mass is 9.96. The van der Waals surface area contributed by atoms with Crippen molar-refractivity contribution in [2.45, 2.75) is 19.0 Å². The number of benzene rings is 3. The van der Waals surface area contributed by atoms with Gasteiger partial charge >= 0.3 is 0 Å². The molecule has 0 unspecified atom stereocenters. The SMILES string of the molecule is COc1ccc(N([C@H](C)C(=O)N2CC[NH+](C(c3ccccc3)c3ccccc3)CC2)S(C)(=O)=O)cc1. The van der Waals surface area contributed by atoms with Crippen molar-refractivity contribution in [3.05, 3.63) is 96.1 Å². The second-order valence-corrected chi connectivity index (χ2v) is 11.0. The van der Waals surface area contributed by atoms with Gasteiger partial charge in [-0.15, -0.1) is 0 Å². The summed E-state index contributed by atoms with van der Waals surface area (Å²) in [6.45, 7) is 4.33. The number of nitrogens with zero attached hydrogens (tertiary/aromatic N) is 2. The Morgan fingerprint density at radius 2 is 1.39 bits per heavy atom. The number of ether oxygens (including phenoxy) is 1. The third kappa shape index (κ3) is 5.71. The average Bonchev–Trinajstić information content (AvgIpc) is 2.90. The third-order valence-corrected chi connectivity index (χ3v) is 8.03. The molecular weight excluding hydrogens is 474 g/mol. The third-order valence-electron chi connectivity index (χ3n) is 6.78. The van der Waals surface area contributed by atoms with Crippen molar-refractivity contribution in [2.75, 3.05) is 43.8 Å². The van der Waals surface area contributed by atoms with Gasteiger partial charge in [0.05, 0.1) is 45.2 Å². The van der Waals surface area contributed by atoms with Crippen molar-refractivity contribution in [1.82, 2.24) is 4.90 Å². The van der Waals surface area contributed by atoms with E-state index in [0.29, 0.717) is 24.5 Å². The first-order valence-electron chi connectivity index (χ1n) is 12.2. The van der Waals surface area contributed by atoms with Crippen molar-refractivity contribution < 1.29 is 22.8 Å². The highest BCUT2D eigenvalue weighted by Gasteiger charge is 2.36. The van der Waals surface area contributed by atoms with E-state index in [1.165, 1.54) is 20.3 Å². The number of hydrogen-bond acceptors (Lipinski definition) is 4. The van der Waals surface area contributed by atoms with Crippen LogP contribution in [0.25, 0.3) is 0 Å². The second-order valence-electron chi connectivity index (χ2n) is 9.17. The van der Waals surface area contributed by atoms with Crippen LogP contribution in [0.4, 0.5) is 5.69 Å². The van der Waals surface area contributed by atoms with Gasteiger partial charge in [0.2, 0.25) is 15.9 Å². The molecule has 0 spiro atoms. The molecule has 36 heavy (non-hydrogen) atoms. The first-order valence-corrected chi connectivity index (χ1v) is 14.0. The molecule has 8 heteroatoms. The van der Waals surface area contributed by atoms with Crippen LogP contribution in [0.15, 0.2) is 84.9 Å². The number of hydrogen-bond donors (Lipinski definition) is 1. The topological polar surface area (TPSA) is 71.4 Å². The van der Waals surface area contributed by atoms with E-state index < -0.39 is 16.1 Å². The largest absolute Gasteiger partial charge is 0.497 e. The van der Waals surface area contributed by atoms with Crippen LogP contribution in [-0.4, -0.2) is 64.8 Å². The summed E-state index contributed by atoms with van der Waals surface area (Å²) in [5, 5.41) is 0. The van der Waals surface area contributed by atoms with Gasteiger partial charge in [0.1, 0.15) is 17.8 Å². The molecule has 3 aromatic rings. The number of sulfonamides is 1. The minimum absolute atomic E-state index is 0.175. The Labute approximate surface area is 214 Å². The molecule has 4 rings (SSSR count). The number of piperazine rings is 1. The number of rotatable bonds is 8. The number of quaternary nitrogens is 1. The van der Waals surface area contributed by atoms with E-state index in [-0.39, 0.29) is 11.9 Å². The molecule has 0 aliphatic carbocycles. The van der Waals surface area contributed by atoms with Crippen LogP contribution in [0.5, 0.6) is 5.75 Å². The molecule has 1 aliphatic rings. The maximum atomic E-state index is 13.5. The fraction of sp³-hybridized carbons (Fsp3) is 0.321. The predicted octanol–water partition coefficient (Wildman–Crippen LogP) is 2.37. The molecule has 0 bridgehead atoms. The van der Waals surface area contributed by atoms with Gasteiger partial charge in [-0.25, -0.2) is 8.42 Å².